The average molecular weight is 362 g/mol. The lowest BCUT2D eigenvalue weighted by atomic mass is 9.77. The smallest absolute Gasteiger partial charge is 0.312 e. The Morgan fingerprint density at radius 2 is 2.12 bits per heavy atom. The summed E-state index contributed by atoms with van der Waals surface area (Å²) in [5.74, 6) is -1.30. The molecule has 1 spiro atoms. The molecule has 0 saturated carbocycles. The first kappa shape index (κ1) is 16.6. The van der Waals surface area contributed by atoms with Gasteiger partial charge in [0.1, 0.15) is 11.5 Å². The number of carbonyl (C=O) groups is 2. The molecule has 1 amide bonds. The van der Waals surface area contributed by atoms with Gasteiger partial charge in [-0.05, 0) is 30.2 Å². The first-order valence-corrected chi connectivity index (χ1v) is 8.90. The molecule has 0 aliphatic carbocycles. The van der Waals surface area contributed by atoms with E-state index in [1.165, 1.54) is 0 Å². The number of anilines is 1. The highest BCUT2D eigenvalue weighted by Crippen LogP contribution is 2.52. The van der Waals surface area contributed by atoms with E-state index in [0.717, 1.165) is 5.69 Å². The molecule has 2 fully saturated rings. The van der Waals surface area contributed by atoms with Crippen LogP contribution in [0.25, 0.3) is 0 Å². The van der Waals surface area contributed by atoms with Gasteiger partial charge >= 0.3 is 5.97 Å². The maximum absolute atomic E-state index is 13.1. The fourth-order valence-electron chi connectivity index (χ4n) is 3.95. The molecule has 1 aromatic rings. The van der Waals surface area contributed by atoms with Crippen molar-refractivity contribution in [3.8, 4) is 0 Å². The number of nitrogens with zero attached hydrogens (tertiary/aromatic N) is 1. The summed E-state index contributed by atoms with van der Waals surface area (Å²) in [6, 6.07) is 7.11. The summed E-state index contributed by atoms with van der Waals surface area (Å²) in [5.41, 5.74) is 0.0241. The quantitative estimate of drug-likeness (QED) is 0.611. The van der Waals surface area contributed by atoms with E-state index in [1.807, 2.05) is 26.0 Å². The average Bonchev–Trinajstić information content (AvgIpc) is 3.22. The third-order valence-electron chi connectivity index (χ3n) is 5.07. The van der Waals surface area contributed by atoms with Crippen molar-refractivity contribution in [2.24, 2.45) is 17.8 Å². The fourth-order valence-corrected chi connectivity index (χ4v) is 4.08. The Labute approximate surface area is 151 Å². The number of ether oxygens (including phenoxy) is 2. The van der Waals surface area contributed by atoms with Crippen LogP contribution in [0.3, 0.4) is 0 Å². The number of fused-ring (bicyclic) bond motifs is 1. The van der Waals surface area contributed by atoms with Crippen LogP contribution in [0.15, 0.2) is 36.4 Å². The molecule has 5 nitrogen and oxygen atoms in total. The zero-order chi connectivity index (χ0) is 17.8. The van der Waals surface area contributed by atoms with Gasteiger partial charge in [0.05, 0.1) is 25.2 Å². The molecule has 4 atom stereocenters. The minimum Gasteiger partial charge on any atom is -0.465 e. The van der Waals surface area contributed by atoms with Crippen LogP contribution in [-0.4, -0.2) is 36.7 Å². The monoisotopic (exact) mass is 361 g/mol. The van der Waals surface area contributed by atoms with E-state index < -0.39 is 17.4 Å². The first-order valence-electron chi connectivity index (χ1n) is 8.52. The molecule has 0 aromatic heterocycles. The van der Waals surface area contributed by atoms with Crippen molar-refractivity contribution in [2.45, 2.75) is 25.6 Å². The van der Waals surface area contributed by atoms with Gasteiger partial charge in [-0.2, -0.15) is 0 Å². The number of carbonyl (C=O) groups excluding carboxylic acids is 2. The predicted molar refractivity (Wildman–Crippen MR) is 93.3 cm³/mol. The van der Waals surface area contributed by atoms with Crippen LogP contribution in [0.2, 0.25) is 5.02 Å². The van der Waals surface area contributed by atoms with Gasteiger partial charge in [-0.3, -0.25) is 9.59 Å². The van der Waals surface area contributed by atoms with Crippen molar-refractivity contribution in [1.29, 1.82) is 0 Å². The predicted octanol–water partition coefficient (Wildman–Crippen LogP) is 2.83. The lowest BCUT2D eigenvalue weighted by Gasteiger charge is -2.23. The summed E-state index contributed by atoms with van der Waals surface area (Å²) < 4.78 is 11.5. The van der Waals surface area contributed by atoms with Crippen LogP contribution in [0.1, 0.15) is 13.8 Å². The van der Waals surface area contributed by atoms with Gasteiger partial charge < -0.3 is 14.4 Å². The molecule has 6 heteroatoms. The molecule has 2 bridgehead atoms. The molecule has 3 heterocycles. The summed E-state index contributed by atoms with van der Waals surface area (Å²) >= 11 is 5.94. The number of halogens is 1. The van der Waals surface area contributed by atoms with Gasteiger partial charge in [0.15, 0.2) is 0 Å². The molecule has 0 N–H and O–H groups in total. The van der Waals surface area contributed by atoms with E-state index in [1.54, 1.807) is 29.2 Å². The summed E-state index contributed by atoms with van der Waals surface area (Å²) in [5, 5.41) is 0.612. The Morgan fingerprint density at radius 3 is 2.80 bits per heavy atom. The number of amides is 1. The molecule has 2 saturated heterocycles. The fraction of sp³-hybridized carbons (Fsp3) is 0.474. The number of hydrogen-bond acceptors (Lipinski definition) is 4. The first-order chi connectivity index (χ1) is 11.9. The molecular formula is C19H20ClNO4. The molecule has 3 aliphatic rings. The van der Waals surface area contributed by atoms with Crippen molar-refractivity contribution < 1.29 is 19.1 Å². The maximum Gasteiger partial charge on any atom is 0.312 e. The van der Waals surface area contributed by atoms with Crippen LogP contribution < -0.4 is 4.90 Å². The minimum atomic E-state index is -0.733. The van der Waals surface area contributed by atoms with E-state index in [9.17, 15) is 9.59 Å². The Hall–Kier alpha value is -1.85. The molecular weight excluding hydrogens is 342 g/mol. The second kappa shape index (κ2) is 5.85. The molecule has 0 unspecified atom stereocenters. The second-order valence-corrected chi connectivity index (χ2v) is 7.76. The lowest BCUT2D eigenvalue weighted by molar-refractivity contribution is -0.153. The van der Waals surface area contributed by atoms with Gasteiger partial charge in [-0.15, -0.1) is 0 Å². The van der Waals surface area contributed by atoms with Crippen molar-refractivity contribution >= 4 is 29.2 Å². The van der Waals surface area contributed by atoms with Crippen molar-refractivity contribution in [2.75, 3.05) is 18.1 Å². The summed E-state index contributed by atoms with van der Waals surface area (Å²) in [4.78, 5) is 27.3. The van der Waals surface area contributed by atoms with Gasteiger partial charge in [0.2, 0.25) is 5.91 Å². The van der Waals surface area contributed by atoms with Crippen molar-refractivity contribution in [3.63, 3.8) is 0 Å². The van der Waals surface area contributed by atoms with E-state index in [2.05, 4.69) is 0 Å². The third-order valence-corrected chi connectivity index (χ3v) is 5.32. The van der Waals surface area contributed by atoms with Gasteiger partial charge in [0, 0.05) is 10.7 Å². The van der Waals surface area contributed by atoms with E-state index >= 15 is 0 Å². The van der Waals surface area contributed by atoms with E-state index in [0.29, 0.717) is 18.2 Å². The minimum absolute atomic E-state index is 0.0966. The van der Waals surface area contributed by atoms with Crippen LogP contribution in [-0.2, 0) is 19.1 Å². The number of benzene rings is 1. The Bertz CT molecular complexity index is 744. The molecule has 1 aromatic carbocycles. The van der Waals surface area contributed by atoms with Crippen LogP contribution in [0.5, 0.6) is 0 Å². The number of hydrogen-bond donors (Lipinski definition) is 0. The van der Waals surface area contributed by atoms with Crippen LogP contribution in [0, 0.1) is 17.8 Å². The molecule has 25 heavy (non-hydrogen) atoms. The largest absolute Gasteiger partial charge is 0.465 e. The van der Waals surface area contributed by atoms with E-state index in [4.69, 9.17) is 21.1 Å². The molecule has 132 valence electrons. The molecule has 3 aliphatic heterocycles. The highest BCUT2D eigenvalue weighted by Gasteiger charge is 2.67. The number of rotatable bonds is 4. The maximum atomic E-state index is 13.1. The summed E-state index contributed by atoms with van der Waals surface area (Å²) in [6.07, 6.45) is 3.44. The zero-order valence-electron chi connectivity index (χ0n) is 14.1. The second-order valence-electron chi connectivity index (χ2n) is 7.32. The molecule has 4 rings (SSSR count). The Morgan fingerprint density at radius 1 is 1.40 bits per heavy atom. The number of esters is 1. The highest BCUT2D eigenvalue weighted by atomic mass is 35.5. The van der Waals surface area contributed by atoms with E-state index in [-0.39, 0.29) is 23.9 Å². The SMILES string of the molecule is CC(C)COC(=O)[C@@H]1[C@H]2C(=O)N(c3ccc(Cl)cc3)C[C@@]23C=C[C@H]1O3. The zero-order valence-corrected chi connectivity index (χ0v) is 14.9. The lowest BCUT2D eigenvalue weighted by Crippen LogP contribution is -2.40. The van der Waals surface area contributed by atoms with Crippen LogP contribution >= 0.6 is 11.6 Å². The Kier molecular flexibility index (Phi) is 3.89. The normalized spacial score (nSPS) is 32.6. The topological polar surface area (TPSA) is 55.8 Å². The van der Waals surface area contributed by atoms with Gasteiger partial charge in [-0.25, -0.2) is 0 Å². The summed E-state index contributed by atoms with van der Waals surface area (Å²) in [6.45, 7) is 4.71. The van der Waals surface area contributed by atoms with Crippen molar-refractivity contribution in [3.05, 3.63) is 41.4 Å². The van der Waals surface area contributed by atoms with Crippen molar-refractivity contribution in [1.82, 2.24) is 0 Å². The van der Waals surface area contributed by atoms with Gasteiger partial charge in [0.25, 0.3) is 0 Å². The van der Waals surface area contributed by atoms with Crippen LogP contribution in [0.4, 0.5) is 5.69 Å². The standard InChI is InChI=1S/C19H20ClNO4/c1-11(2)9-24-18(23)15-14-7-8-19(25-14)10-21(17(22)16(15)19)13-5-3-12(20)4-6-13/h3-8,11,14-16H,9-10H2,1-2H3/t14-,15+,16+,19+/m1/s1. The van der Waals surface area contributed by atoms with Gasteiger partial charge in [-0.1, -0.05) is 37.6 Å². The third kappa shape index (κ3) is 2.57. The molecule has 0 radical (unpaired) electrons. The summed E-state index contributed by atoms with van der Waals surface area (Å²) in [7, 11) is 0. The Balaban J connectivity index is 1.61. The highest BCUT2D eigenvalue weighted by molar-refractivity contribution is 6.30.